The van der Waals surface area contributed by atoms with Crippen LogP contribution in [0.1, 0.15) is 30.9 Å². The molecule has 2 aromatic rings. The van der Waals surface area contributed by atoms with Crippen molar-refractivity contribution in [2.24, 2.45) is 5.92 Å². The Morgan fingerprint density at radius 1 is 1.10 bits per heavy atom. The fourth-order valence-electron chi connectivity index (χ4n) is 3.74. The quantitative estimate of drug-likeness (QED) is 0.698. The van der Waals surface area contributed by atoms with Gasteiger partial charge in [0.1, 0.15) is 5.75 Å². The number of rotatable bonds is 8. The minimum atomic E-state index is -3.55. The molecule has 2 aromatic carbocycles. The summed E-state index contributed by atoms with van der Waals surface area (Å²) in [6.45, 7) is 5.78. The lowest BCUT2D eigenvalue weighted by atomic mass is 9.97. The maximum atomic E-state index is 12.9. The first-order chi connectivity index (χ1) is 14.4. The van der Waals surface area contributed by atoms with Crippen molar-refractivity contribution in [2.45, 2.75) is 38.0 Å². The number of benzene rings is 2. The van der Waals surface area contributed by atoms with Crippen molar-refractivity contribution in [3.05, 3.63) is 59.7 Å². The normalized spacial score (nSPS) is 15.7. The third kappa shape index (κ3) is 5.40. The van der Waals surface area contributed by atoms with Crippen LogP contribution >= 0.6 is 0 Å². The van der Waals surface area contributed by atoms with Gasteiger partial charge >= 0.3 is 0 Å². The van der Waals surface area contributed by atoms with Crippen LogP contribution in [0.5, 0.6) is 5.75 Å². The summed E-state index contributed by atoms with van der Waals surface area (Å²) in [6.07, 6.45) is 1.86. The average Bonchev–Trinajstić information content (AvgIpc) is 2.76. The second-order valence-corrected chi connectivity index (χ2v) is 9.49. The van der Waals surface area contributed by atoms with E-state index in [2.05, 4.69) is 24.4 Å². The summed E-state index contributed by atoms with van der Waals surface area (Å²) >= 11 is 0. The Bertz CT molecular complexity index is 949. The summed E-state index contributed by atoms with van der Waals surface area (Å²) in [7, 11) is -3.55. The van der Waals surface area contributed by atoms with Gasteiger partial charge in [0.2, 0.25) is 15.9 Å². The fraction of sp³-hybridized carbons (Fsp3) is 0.435. The molecule has 3 rings (SSSR count). The lowest BCUT2D eigenvalue weighted by Crippen LogP contribution is -2.43. The molecule has 1 fully saturated rings. The van der Waals surface area contributed by atoms with E-state index in [0.717, 1.165) is 6.42 Å². The monoisotopic (exact) mass is 430 g/mol. The minimum absolute atomic E-state index is 0.0155. The lowest BCUT2D eigenvalue weighted by molar-refractivity contribution is -0.126. The highest BCUT2D eigenvalue weighted by Gasteiger charge is 2.32. The summed E-state index contributed by atoms with van der Waals surface area (Å²) < 4.78 is 32.6. The van der Waals surface area contributed by atoms with Crippen molar-refractivity contribution in [1.29, 1.82) is 0 Å². The summed E-state index contributed by atoms with van der Waals surface area (Å²) in [4.78, 5) is 12.8. The molecular weight excluding hydrogens is 400 g/mol. The van der Waals surface area contributed by atoms with Crippen LogP contribution < -0.4 is 10.1 Å². The van der Waals surface area contributed by atoms with Crippen molar-refractivity contribution in [1.82, 2.24) is 9.62 Å². The van der Waals surface area contributed by atoms with Gasteiger partial charge in [0.25, 0.3) is 0 Å². The highest BCUT2D eigenvalue weighted by Crippen LogP contribution is 2.25. The van der Waals surface area contributed by atoms with Crippen molar-refractivity contribution in [3.63, 3.8) is 0 Å². The third-order valence-corrected chi connectivity index (χ3v) is 7.46. The molecule has 1 N–H and O–H groups in total. The Kier molecular flexibility index (Phi) is 7.50. The Morgan fingerprint density at radius 2 is 1.77 bits per heavy atom. The molecule has 0 unspecified atom stereocenters. The molecule has 6 nitrogen and oxygen atoms in total. The van der Waals surface area contributed by atoms with Gasteiger partial charge in [-0.15, -0.1) is 0 Å². The predicted octanol–water partition coefficient (Wildman–Crippen LogP) is 3.15. The van der Waals surface area contributed by atoms with E-state index in [1.807, 2.05) is 19.1 Å². The number of sulfonamides is 1. The van der Waals surface area contributed by atoms with Crippen LogP contribution in [-0.2, 0) is 21.2 Å². The number of nitrogens with zero attached hydrogens (tertiary/aromatic N) is 1. The molecule has 7 heteroatoms. The summed E-state index contributed by atoms with van der Waals surface area (Å²) in [6, 6.07) is 14.6. The Labute approximate surface area is 179 Å². The van der Waals surface area contributed by atoms with Crippen LogP contribution in [0.25, 0.3) is 0 Å². The van der Waals surface area contributed by atoms with E-state index in [4.69, 9.17) is 4.74 Å². The minimum Gasteiger partial charge on any atom is -0.494 e. The molecule has 0 bridgehead atoms. The number of aryl methyl sites for hydroxylation is 1. The first-order valence-corrected chi connectivity index (χ1v) is 11.9. The van der Waals surface area contributed by atoms with E-state index in [1.165, 1.54) is 15.4 Å². The summed E-state index contributed by atoms with van der Waals surface area (Å²) in [5, 5.41) is 3.01. The van der Waals surface area contributed by atoms with Crippen LogP contribution in [0.15, 0.2) is 53.4 Å². The fourth-order valence-corrected chi connectivity index (χ4v) is 5.21. The smallest absolute Gasteiger partial charge is 0.243 e. The van der Waals surface area contributed by atoms with Gasteiger partial charge in [-0.05, 0) is 68.5 Å². The topological polar surface area (TPSA) is 75.7 Å². The van der Waals surface area contributed by atoms with Crippen LogP contribution in [0, 0.1) is 12.8 Å². The number of carbonyl (C=O) groups excluding carboxylic acids is 1. The number of hydrogen-bond donors (Lipinski definition) is 1. The van der Waals surface area contributed by atoms with Gasteiger partial charge in [0.15, 0.2) is 0 Å². The number of amides is 1. The van der Waals surface area contributed by atoms with Gasteiger partial charge in [-0.25, -0.2) is 8.42 Å². The Hall–Kier alpha value is -2.38. The molecule has 0 radical (unpaired) electrons. The van der Waals surface area contributed by atoms with E-state index >= 15 is 0 Å². The molecule has 1 heterocycles. The Morgan fingerprint density at radius 3 is 2.40 bits per heavy atom. The van der Waals surface area contributed by atoms with E-state index in [-0.39, 0.29) is 16.7 Å². The SMILES string of the molecule is CCOc1ccc(S(=O)(=O)N2CCC(C(=O)NCCc3ccccc3C)CC2)cc1. The van der Waals surface area contributed by atoms with Crippen molar-refractivity contribution in [2.75, 3.05) is 26.2 Å². The average molecular weight is 431 g/mol. The number of ether oxygens (including phenoxy) is 1. The van der Waals surface area contributed by atoms with E-state index < -0.39 is 10.0 Å². The zero-order valence-corrected chi connectivity index (χ0v) is 18.5. The third-order valence-electron chi connectivity index (χ3n) is 5.55. The number of carbonyl (C=O) groups is 1. The van der Waals surface area contributed by atoms with Crippen molar-refractivity contribution < 1.29 is 17.9 Å². The molecule has 0 saturated carbocycles. The van der Waals surface area contributed by atoms with Crippen LogP contribution in [-0.4, -0.2) is 44.9 Å². The highest BCUT2D eigenvalue weighted by atomic mass is 32.2. The second-order valence-electron chi connectivity index (χ2n) is 7.55. The molecule has 1 saturated heterocycles. The number of piperidine rings is 1. The van der Waals surface area contributed by atoms with Gasteiger partial charge < -0.3 is 10.1 Å². The van der Waals surface area contributed by atoms with Crippen molar-refractivity contribution in [3.8, 4) is 5.75 Å². The van der Waals surface area contributed by atoms with Gasteiger partial charge in [0.05, 0.1) is 11.5 Å². The largest absolute Gasteiger partial charge is 0.494 e. The van der Waals surface area contributed by atoms with E-state index in [1.54, 1.807) is 24.3 Å². The molecular formula is C23H30N2O4S. The van der Waals surface area contributed by atoms with Crippen molar-refractivity contribution >= 4 is 15.9 Å². The molecule has 0 aliphatic carbocycles. The maximum absolute atomic E-state index is 12.9. The number of hydrogen-bond acceptors (Lipinski definition) is 4. The maximum Gasteiger partial charge on any atom is 0.243 e. The summed E-state index contributed by atoms with van der Waals surface area (Å²) in [5.41, 5.74) is 2.45. The highest BCUT2D eigenvalue weighted by molar-refractivity contribution is 7.89. The molecule has 0 spiro atoms. The van der Waals surface area contributed by atoms with Crippen LogP contribution in [0.4, 0.5) is 0 Å². The Balaban J connectivity index is 1.49. The summed E-state index contributed by atoms with van der Waals surface area (Å²) in [5.74, 6) is 0.521. The molecule has 1 amide bonds. The van der Waals surface area contributed by atoms with Gasteiger partial charge in [0, 0.05) is 25.6 Å². The molecule has 1 aliphatic rings. The predicted molar refractivity (Wildman–Crippen MR) is 117 cm³/mol. The van der Waals surface area contributed by atoms with E-state index in [9.17, 15) is 13.2 Å². The molecule has 0 aromatic heterocycles. The standard InChI is InChI=1S/C23H30N2O4S/c1-3-29-21-8-10-22(11-9-21)30(27,28)25-16-13-20(14-17-25)23(26)24-15-12-19-7-5-4-6-18(19)2/h4-11,20H,3,12-17H2,1-2H3,(H,24,26). The zero-order valence-electron chi connectivity index (χ0n) is 17.6. The second kappa shape index (κ2) is 10.1. The first-order valence-electron chi connectivity index (χ1n) is 10.5. The van der Waals surface area contributed by atoms with Crippen LogP contribution in [0.2, 0.25) is 0 Å². The first kappa shape index (κ1) is 22.3. The van der Waals surface area contributed by atoms with E-state index in [0.29, 0.717) is 44.8 Å². The molecule has 0 atom stereocenters. The van der Waals surface area contributed by atoms with Gasteiger partial charge in [-0.1, -0.05) is 24.3 Å². The zero-order chi connectivity index (χ0) is 21.6. The molecule has 30 heavy (non-hydrogen) atoms. The molecule has 162 valence electrons. The van der Waals surface area contributed by atoms with Crippen LogP contribution in [0.3, 0.4) is 0 Å². The number of nitrogens with one attached hydrogen (secondary N) is 1. The lowest BCUT2D eigenvalue weighted by Gasteiger charge is -2.30. The molecule has 1 aliphatic heterocycles. The van der Waals surface area contributed by atoms with Gasteiger partial charge in [-0.3, -0.25) is 4.79 Å². The van der Waals surface area contributed by atoms with Gasteiger partial charge in [-0.2, -0.15) is 4.31 Å².